The molecule has 2 aromatic carbocycles. The van der Waals surface area contributed by atoms with Crippen LogP contribution in [0.3, 0.4) is 0 Å². The number of nitrogens with one attached hydrogen (secondary N) is 1. The summed E-state index contributed by atoms with van der Waals surface area (Å²) < 4.78 is 0. The predicted octanol–water partition coefficient (Wildman–Crippen LogP) is 4.01. The number of hydrogen-bond donors (Lipinski definition) is 2. The smallest absolute Gasteiger partial charge is 0.243 e. The van der Waals surface area contributed by atoms with Gasteiger partial charge in [-0.2, -0.15) is 0 Å². The number of amides is 2. The fraction of sp³-hybridized carbons (Fsp3) is 0.462. The highest BCUT2D eigenvalue weighted by Gasteiger charge is 2.29. The molecule has 5 nitrogen and oxygen atoms in total. The van der Waals surface area contributed by atoms with Crippen molar-refractivity contribution in [2.24, 2.45) is 11.7 Å². The lowest BCUT2D eigenvalue weighted by Crippen LogP contribution is -2.51. The first-order chi connectivity index (χ1) is 14.9. The van der Waals surface area contributed by atoms with Crippen molar-refractivity contribution >= 4 is 11.8 Å². The van der Waals surface area contributed by atoms with E-state index in [1.807, 2.05) is 56.3 Å². The predicted molar refractivity (Wildman–Crippen MR) is 128 cm³/mol. The fourth-order valence-electron chi connectivity index (χ4n) is 3.76. The summed E-state index contributed by atoms with van der Waals surface area (Å²) in [6.07, 6.45) is 4.37. The summed E-state index contributed by atoms with van der Waals surface area (Å²) in [4.78, 5) is 27.2. The summed E-state index contributed by atoms with van der Waals surface area (Å²) in [5.74, 6) is -0.0972. The number of hydrogen-bond acceptors (Lipinski definition) is 3. The van der Waals surface area contributed by atoms with Crippen LogP contribution in [0.1, 0.15) is 45.1 Å². The maximum Gasteiger partial charge on any atom is 0.243 e. The van der Waals surface area contributed by atoms with Crippen LogP contribution in [-0.4, -0.2) is 42.9 Å². The fourth-order valence-corrected chi connectivity index (χ4v) is 3.76. The van der Waals surface area contributed by atoms with Crippen molar-refractivity contribution in [2.45, 2.75) is 52.0 Å². The Kier molecular flexibility index (Phi) is 10.2. The SMILES string of the molecule is CC(C)C(C(=O)NCCCCCCN)N(C)C(=O)Cc1ccc(-c2ccccc2)cc1. The van der Waals surface area contributed by atoms with Gasteiger partial charge in [-0.15, -0.1) is 0 Å². The first kappa shape index (κ1) is 24.6. The van der Waals surface area contributed by atoms with Crippen LogP contribution in [-0.2, 0) is 16.0 Å². The second kappa shape index (κ2) is 12.9. The van der Waals surface area contributed by atoms with Crippen LogP contribution < -0.4 is 11.1 Å². The summed E-state index contributed by atoms with van der Waals surface area (Å²) in [7, 11) is 1.73. The number of likely N-dealkylation sites (N-methyl/N-ethyl adjacent to an activating group) is 1. The van der Waals surface area contributed by atoms with E-state index in [9.17, 15) is 9.59 Å². The van der Waals surface area contributed by atoms with Gasteiger partial charge in [-0.3, -0.25) is 9.59 Å². The minimum atomic E-state index is -0.472. The molecule has 0 saturated heterocycles. The quantitative estimate of drug-likeness (QED) is 0.507. The van der Waals surface area contributed by atoms with Gasteiger partial charge in [-0.05, 0) is 42.0 Å². The van der Waals surface area contributed by atoms with Gasteiger partial charge in [0.2, 0.25) is 11.8 Å². The van der Waals surface area contributed by atoms with E-state index in [0.717, 1.165) is 42.4 Å². The number of nitrogens with zero attached hydrogens (tertiary/aromatic N) is 1. The summed E-state index contributed by atoms with van der Waals surface area (Å²) in [6.45, 7) is 5.30. The lowest BCUT2D eigenvalue weighted by Gasteiger charge is -2.30. The van der Waals surface area contributed by atoms with Crippen LogP contribution in [0.4, 0.5) is 0 Å². The van der Waals surface area contributed by atoms with E-state index in [4.69, 9.17) is 5.73 Å². The molecular formula is C26H37N3O2. The van der Waals surface area contributed by atoms with E-state index < -0.39 is 6.04 Å². The van der Waals surface area contributed by atoms with Crippen LogP contribution >= 0.6 is 0 Å². The van der Waals surface area contributed by atoms with Crippen LogP contribution in [0.15, 0.2) is 54.6 Å². The lowest BCUT2D eigenvalue weighted by molar-refractivity contribution is -0.140. The molecule has 31 heavy (non-hydrogen) atoms. The number of rotatable bonds is 12. The van der Waals surface area contributed by atoms with Gasteiger partial charge < -0.3 is 16.0 Å². The Morgan fingerprint density at radius 1 is 0.903 bits per heavy atom. The average Bonchev–Trinajstić information content (AvgIpc) is 2.77. The molecule has 168 valence electrons. The van der Waals surface area contributed by atoms with Gasteiger partial charge in [0.05, 0.1) is 6.42 Å². The zero-order valence-electron chi connectivity index (χ0n) is 19.1. The molecule has 0 spiro atoms. The Morgan fingerprint density at radius 2 is 1.52 bits per heavy atom. The topological polar surface area (TPSA) is 75.4 Å². The third kappa shape index (κ3) is 7.83. The highest BCUT2D eigenvalue weighted by molar-refractivity contribution is 5.88. The molecule has 2 rings (SSSR count). The molecule has 0 aromatic heterocycles. The normalized spacial score (nSPS) is 11.9. The molecule has 1 atom stereocenters. The van der Waals surface area contributed by atoms with Gasteiger partial charge in [-0.1, -0.05) is 81.3 Å². The first-order valence-electron chi connectivity index (χ1n) is 11.3. The molecule has 0 saturated carbocycles. The Hall–Kier alpha value is -2.66. The highest BCUT2D eigenvalue weighted by Crippen LogP contribution is 2.20. The van der Waals surface area contributed by atoms with Crippen LogP contribution in [0.25, 0.3) is 11.1 Å². The van der Waals surface area contributed by atoms with E-state index in [1.165, 1.54) is 0 Å². The highest BCUT2D eigenvalue weighted by atomic mass is 16.2. The summed E-state index contributed by atoms with van der Waals surface area (Å²) in [5, 5.41) is 3.00. The average molecular weight is 424 g/mol. The molecule has 1 unspecified atom stereocenters. The number of nitrogens with two attached hydrogens (primary N) is 1. The Bertz CT molecular complexity index is 803. The third-order valence-electron chi connectivity index (χ3n) is 5.56. The van der Waals surface area contributed by atoms with E-state index in [2.05, 4.69) is 17.4 Å². The van der Waals surface area contributed by atoms with E-state index in [0.29, 0.717) is 13.1 Å². The molecule has 5 heteroatoms. The molecule has 2 aromatic rings. The van der Waals surface area contributed by atoms with Gasteiger partial charge in [0, 0.05) is 13.6 Å². The number of unbranched alkanes of at least 4 members (excludes halogenated alkanes) is 3. The van der Waals surface area contributed by atoms with Crippen molar-refractivity contribution in [3.8, 4) is 11.1 Å². The Balaban J connectivity index is 1.91. The maximum atomic E-state index is 12.9. The Labute approximate surface area is 187 Å². The summed E-state index contributed by atoms with van der Waals surface area (Å²) in [6, 6.07) is 17.7. The van der Waals surface area contributed by atoms with Gasteiger partial charge in [0.1, 0.15) is 6.04 Å². The van der Waals surface area contributed by atoms with Crippen LogP contribution in [0.2, 0.25) is 0 Å². The van der Waals surface area contributed by atoms with Crippen LogP contribution in [0.5, 0.6) is 0 Å². The van der Waals surface area contributed by atoms with Crippen molar-refractivity contribution < 1.29 is 9.59 Å². The molecule has 0 heterocycles. The first-order valence-corrected chi connectivity index (χ1v) is 11.3. The van der Waals surface area contributed by atoms with Gasteiger partial charge >= 0.3 is 0 Å². The molecule has 0 fully saturated rings. The van der Waals surface area contributed by atoms with Crippen molar-refractivity contribution in [1.29, 1.82) is 0 Å². The van der Waals surface area contributed by atoms with Crippen molar-refractivity contribution in [3.05, 3.63) is 60.2 Å². The Morgan fingerprint density at radius 3 is 2.13 bits per heavy atom. The second-order valence-corrected chi connectivity index (χ2v) is 8.43. The van der Waals surface area contributed by atoms with Crippen molar-refractivity contribution in [2.75, 3.05) is 20.1 Å². The van der Waals surface area contributed by atoms with Gasteiger partial charge in [0.15, 0.2) is 0 Å². The molecule has 0 aliphatic carbocycles. The van der Waals surface area contributed by atoms with E-state index in [1.54, 1.807) is 11.9 Å². The zero-order valence-corrected chi connectivity index (χ0v) is 19.1. The molecule has 0 aliphatic rings. The number of carbonyl (C=O) groups excluding carboxylic acids is 2. The second-order valence-electron chi connectivity index (χ2n) is 8.43. The molecule has 0 radical (unpaired) electrons. The van der Waals surface area contributed by atoms with Crippen LogP contribution in [0, 0.1) is 5.92 Å². The summed E-state index contributed by atoms with van der Waals surface area (Å²) >= 11 is 0. The van der Waals surface area contributed by atoms with Crippen molar-refractivity contribution in [1.82, 2.24) is 10.2 Å². The van der Waals surface area contributed by atoms with E-state index >= 15 is 0 Å². The minimum absolute atomic E-state index is 0.0339. The van der Waals surface area contributed by atoms with Gasteiger partial charge in [-0.25, -0.2) is 0 Å². The lowest BCUT2D eigenvalue weighted by atomic mass is 10.00. The molecule has 0 aliphatic heterocycles. The largest absolute Gasteiger partial charge is 0.354 e. The van der Waals surface area contributed by atoms with Crippen molar-refractivity contribution in [3.63, 3.8) is 0 Å². The van der Waals surface area contributed by atoms with E-state index in [-0.39, 0.29) is 24.2 Å². The summed E-state index contributed by atoms with van der Waals surface area (Å²) in [5.41, 5.74) is 8.72. The standard InChI is InChI=1S/C26H37N3O2/c1-20(2)25(26(31)28-18-10-5-4-9-17-27)29(3)24(30)19-21-13-15-23(16-14-21)22-11-7-6-8-12-22/h6-8,11-16,20,25H,4-5,9-10,17-19,27H2,1-3H3,(H,28,31). The maximum absolute atomic E-state index is 12.9. The monoisotopic (exact) mass is 423 g/mol. The third-order valence-corrected chi connectivity index (χ3v) is 5.56. The molecule has 2 amide bonds. The molecule has 0 bridgehead atoms. The number of benzene rings is 2. The number of carbonyl (C=O) groups is 2. The minimum Gasteiger partial charge on any atom is -0.354 e. The molecular weight excluding hydrogens is 386 g/mol. The zero-order chi connectivity index (χ0) is 22.6. The van der Waals surface area contributed by atoms with Gasteiger partial charge in [0.25, 0.3) is 0 Å². The molecule has 3 N–H and O–H groups in total.